The van der Waals surface area contributed by atoms with Crippen molar-refractivity contribution in [2.75, 3.05) is 0 Å². The van der Waals surface area contributed by atoms with Gasteiger partial charge in [0.1, 0.15) is 0 Å². The summed E-state index contributed by atoms with van der Waals surface area (Å²) in [4.78, 5) is 4.51. The predicted octanol–water partition coefficient (Wildman–Crippen LogP) is 3.97. The molecule has 1 nitrogen and oxygen atoms in total. The quantitative estimate of drug-likeness (QED) is 0.674. The minimum atomic E-state index is 1.11. The van der Waals surface area contributed by atoms with E-state index in [2.05, 4.69) is 43.1 Å². The molecule has 76 valence electrons. The van der Waals surface area contributed by atoms with Gasteiger partial charge in [-0.05, 0) is 37.3 Å². The molecular formula is C14H15N. The van der Waals surface area contributed by atoms with Crippen LogP contribution < -0.4 is 0 Å². The summed E-state index contributed by atoms with van der Waals surface area (Å²) >= 11 is 0. The first-order valence-electron chi connectivity index (χ1n) is 5.21. The molecule has 1 aromatic carbocycles. The van der Waals surface area contributed by atoms with Crippen LogP contribution in [0.15, 0.2) is 36.5 Å². The summed E-state index contributed by atoms with van der Waals surface area (Å²) in [6.45, 7) is 6.29. The van der Waals surface area contributed by atoms with Gasteiger partial charge in [-0.15, -0.1) is 0 Å². The molecule has 0 aliphatic carbocycles. The van der Waals surface area contributed by atoms with Crippen molar-refractivity contribution in [3.05, 3.63) is 47.8 Å². The van der Waals surface area contributed by atoms with Gasteiger partial charge in [-0.1, -0.05) is 30.3 Å². The number of hydrogen-bond donors (Lipinski definition) is 0. The van der Waals surface area contributed by atoms with E-state index < -0.39 is 0 Å². The van der Waals surface area contributed by atoms with E-state index in [0.717, 1.165) is 5.69 Å². The molecule has 0 unspecified atom stereocenters. The molecule has 0 saturated carbocycles. The van der Waals surface area contributed by atoms with Crippen LogP contribution in [0, 0.1) is 6.92 Å². The van der Waals surface area contributed by atoms with Gasteiger partial charge >= 0.3 is 0 Å². The minimum Gasteiger partial charge on any atom is -0.256 e. The smallest absolute Gasteiger partial charge is 0.0691 e. The summed E-state index contributed by atoms with van der Waals surface area (Å²) in [5.74, 6) is 0. The Morgan fingerprint density at radius 1 is 1.27 bits per heavy atom. The Bertz CT molecular complexity index is 524. The highest BCUT2D eigenvalue weighted by Gasteiger charge is 2.05. The van der Waals surface area contributed by atoms with E-state index in [-0.39, 0.29) is 0 Å². The third-order valence-corrected chi connectivity index (χ3v) is 2.86. The zero-order chi connectivity index (χ0) is 10.8. The summed E-state index contributed by atoms with van der Waals surface area (Å²) in [7, 11) is 0. The molecule has 1 heterocycles. The SMILES string of the molecule is C/C=C(\C)c1ncc2ccccc2c1C. The zero-order valence-electron chi connectivity index (χ0n) is 9.41. The fraction of sp³-hybridized carbons (Fsp3) is 0.214. The number of aromatic nitrogens is 1. The van der Waals surface area contributed by atoms with Crippen LogP contribution in [-0.2, 0) is 0 Å². The maximum absolute atomic E-state index is 4.51. The Kier molecular flexibility index (Phi) is 2.55. The minimum absolute atomic E-state index is 1.11. The molecule has 0 aliphatic heterocycles. The molecule has 0 spiro atoms. The maximum atomic E-state index is 4.51. The second-order valence-electron chi connectivity index (χ2n) is 3.79. The molecule has 1 aromatic heterocycles. The number of fused-ring (bicyclic) bond motifs is 1. The van der Waals surface area contributed by atoms with Crippen LogP contribution >= 0.6 is 0 Å². The molecule has 0 bridgehead atoms. The highest BCUT2D eigenvalue weighted by molar-refractivity contribution is 5.88. The van der Waals surface area contributed by atoms with Gasteiger partial charge in [-0.2, -0.15) is 0 Å². The lowest BCUT2D eigenvalue weighted by atomic mass is 10.0. The molecule has 0 N–H and O–H groups in total. The van der Waals surface area contributed by atoms with Crippen molar-refractivity contribution in [1.29, 1.82) is 0 Å². The van der Waals surface area contributed by atoms with Crippen molar-refractivity contribution >= 4 is 16.3 Å². The Morgan fingerprint density at radius 2 is 2.00 bits per heavy atom. The fourth-order valence-corrected chi connectivity index (χ4v) is 1.84. The van der Waals surface area contributed by atoms with E-state index in [1.54, 1.807) is 0 Å². The average Bonchev–Trinajstić information content (AvgIpc) is 2.29. The summed E-state index contributed by atoms with van der Waals surface area (Å²) in [6, 6.07) is 8.37. The third kappa shape index (κ3) is 1.65. The van der Waals surface area contributed by atoms with Gasteiger partial charge in [0.05, 0.1) is 5.69 Å². The molecule has 0 fully saturated rings. The number of benzene rings is 1. The number of hydrogen-bond acceptors (Lipinski definition) is 1. The fourth-order valence-electron chi connectivity index (χ4n) is 1.84. The number of rotatable bonds is 1. The van der Waals surface area contributed by atoms with Gasteiger partial charge in [0.2, 0.25) is 0 Å². The first kappa shape index (κ1) is 9.91. The van der Waals surface area contributed by atoms with Crippen LogP contribution in [-0.4, -0.2) is 4.98 Å². The first-order chi connectivity index (χ1) is 7.24. The Hall–Kier alpha value is -1.63. The lowest BCUT2D eigenvalue weighted by Gasteiger charge is -2.08. The van der Waals surface area contributed by atoms with E-state index in [4.69, 9.17) is 0 Å². The highest BCUT2D eigenvalue weighted by atomic mass is 14.7. The second kappa shape index (κ2) is 3.85. The predicted molar refractivity (Wildman–Crippen MR) is 65.8 cm³/mol. The molecule has 0 radical (unpaired) electrons. The van der Waals surface area contributed by atoms with Crippen LogP contribution in [0.3, 0.4) is 0 Å². The van der Waals surface area contributed by atoms with Crippen molar-refractivity contribution in [3.8, 4) is 0 Å². The van der Waals surface area contributed by atoms with Gasteiger partial charge in [0.25, 0.3) is 0 Å². The van der Waals surface area contributed by atoms with E-state index in [9.17, 15) is 0 Å². The van der Waals surface area contributed by atoms with Gasteiger partial charge in [0.15, 0.2) is 0 Å². The van der Waals surface area contributed by atoms with Crippen LogP contribution in [0.1, 0.15) is 25.1 Å². The van der Waals surface area contributed by atoms with Gasteiger partial charge in [0, 0.05) is 11.6 Å². The van der Waals surface area contributed by atoms with Crippen molar-refractivity contribution in [1.82, 2.24) is 4.98 Å². The molecule has 2 aromatic rings. The van der Waals surface area contributed by atoms with Gasteiger partial charge in [-0.3, -0.25) is 4.98 Å². The Balaban J connectivity index is 2.76. The van der Waals surface area contributed by atoms with Crippen LogP contribution in [0.5, 0.6) is 0 Å². The van der Waals surface area contributed by atoms with Gasteiger partial charge < -0.3 is 0 Å². The lowest BCUT2D eigenvalue weighted by molar-refractivity contribution is 1.24. The topological polar surface area (TPSA) is 12.9 Å². The normalized spacial score (nSPS) is 12.1. The molecule has 0 aliphatic rings. The summed E-state index contributed by atoms with van der Waals surface area (Å²) < 4.78 is 0. The van der Waals surface area contributed by atoms with E-state index >= 15 is 0 Å². The van der Waals surface area contributed by atoms with Crippen molar-refractivity contribution in [2.45, 2.75) is 20.8 Å². The maximum Gasteiger partial charge on any atom is 0.0691 e. The van der Waals surface area contributed by atoms with Crippen molar-refractivity contribution < 1.29 is 0 Å². The number of pyridine rings is 1. The molecule has 0 saturated heterocycles. The van der Waals surface area contributed by atoms with Crippen LogP contribution in [0.4, 0.5) is 0 Å². The zero-order valence-corrected chi connectivity index (χ0v) is 9.41. The lowest BCUT2D eigenvalue weighted by Crippen LogP contribution is -1.92. The van der Waals surface area contributed by atoms with E-state index in [1.807, 2.05) is 19.2 Å². The average molecular weight is 197 g/mol. The summed E-state index contributed by atoms with van der Waals surface area (Å²) in [6.07, 6.45) is 4.05. The van der Waals surface area contributed by atoms with Crippen LogP contribution in [0.2, 0.25) is 0 Å². The second-order valence-corrected chi connectivity index (χ2v) is 3.79. The van der Waals surface area contributed by atoms with E-state index in [0.29, 0.717) is 0 Å². The Morgan fingerprint density at radius 3 is 2.73 bits per heavy atom. The molecule has 1 heteroatoms. The number of nitrogens with zero attached hydrogens (tertiary/aromatic N) is 1. The molecular weight excluding hydrogens is 182 g/mol. The monoisotopic (exact) mass is 197 g/mol. The van der Waals surface area contributed by atoms with Crippen molar-refractivity contribution in [2.24, 2.45) is 0 Å². The molecule has 0 amide bonds. The highest BCUT2D eigenvalue weighted by Crippen LogP contribution is 2.23. The summed E-state index contributed by atoms with van der Waals surface area (Å²) in [5, 5.41) is 2.51. The Labute approximate surface area is 90.5 Å². The molecule has 15 heavy (non-hydrogen) atoms. The third-order valence-electron chi connectivity index (χ3n) is 2.86. The molecule has 2 rings (SSSR count). The van der Waals surface area contributed by atoms with Crippen LogP contribution in [0.25, 0.3) is 16.3 Å². The molecule has 0 atom stereocenters. The standard InChI is InChI=1S/C14H15N/c1-4-10(2)14-11(3)13-8-6-5-7-12(13)9-15-14/h4-9H,1-3H3/b10-4+. The van der Waals surface area contributed by atoms with E-state index in [1.165, 1.54) is 21.9 Å². The van der Waals surface area contributed by atoms with Crippen molar-refractivity contribution in [3.63, 3.8) is 0 Å². The number of aryl methyl sites for hydroxylation is 1. The largest absolute Gasteiger partial charge is 0.256 e. The summed E-state index contributed by atoms with van der Waals surface area (Å²) in [5.41, 5.74) is 3.61. The van der Waals surface area contributed by atoms with Gasteiger partial charge in [-0.25, -0.2) is 0 Å². The first-order valence-corrected chi connectivity index (χ1v) is 5.21. The number of allylic oxidation sites excluding steroid dienone is 2.